The molecule has 0 N–H and O–H groups in total. The van der Waals surface area contributed by atoms with Crippen LogP contribution in [0, 0.1) is 10.8 Å². The van der Waals surface area contributed by atoms with Gasteiger partial charge >= 0.3 is 0 Å². The second kappa shape index (κ2) is 6.22. The molecule has 0 aromatic heterocycles. The molecule has 1 aromatic rings. The van der Waals surface area contributed by atoms with Gasteiger partial charge in [-0.25, -0.2) is 0 Å². The minimum Gasteiger partial charge on any atom is -0.319 e. The minimum absolute atomic E-state index is 0.0233. The third-order valence-corrected chi connectivity index (χ3v) is 7.23. The summed E-state index contributed by atoms with van der Waals surface area (Å²) in [5, 5.41) is 0. The number of benzene rings is 1. The van der Waals surface area contributed by atoms with E-state index in [2.05, 4.69) is 39.8 Å². The first kappa shape index (κ1) is 18.3. The van der Waals surface area contributed by atoms with Gasteiger partial charge in [-0.3, -0.25) is 4.79 Å². The first-order chi connectivity index (χ1) is 12.3. The number of hydrogen-bond donors (Lipinski definition) is 0. The van der Waals surface area contributed by atoms with Crippen LogP contribution in [0.5, 0.6) is 0 Å². The molecule has 1 heterocycles. The Labute approximate surface area is 160 Å². The fourth-order valence-electron chi connectivity index (χ4n) is 4.51. The van der Waals surface area contributed by atoms with Crippen molar-refractivity contribution in [1.29, 1.82) is 0 Å². The van der Waals surface area contributed by atoms with Gasteiger partial charge in [0.05, 0.1) is 0 Å². The maximum absolute atomic E-state index is 12.7. The van der Waals surface area contributed by atoms with Crippen LogP contribution in [0.4, 0.5) is 0 Å². The van der Waals surface area contributed by atoms with E-state index < -0.39 is 5.79 Å². The zero-order valence-electron chi connectivity index (χ0n) is 16.1. The Hall–Kier alpha value is -1.10. The smallest absolute Gasteiger partial charge is 0.183 e. The van der Waals surface area contributed by atoms with Crippen molar-refractivity contribution in [3.8, 4) is 0 Å². The van der Waals surface area contributed by atoms with Gasteiger partial charge in [0, 0.05) is 39.9 Å². The maximum Gasteiger partial charge on any atom is 0.183 e. The lowest BCUT2D eigenvalue weighted by Gasteiger charge is -2.57. The minimum atomic E-state index is -0.524. The lowest BCUT2D eigenvalue weighted by Crippen LogP contribution is -2.64. The first-order valence-corrected chi connectivity index (χ1v) is 10.5. The highest BCUT2D eigenvalue weighted by molar-refractivity contribution is 7.99. The van der Waals surface area contributed by atoms with Crippen molar-refractivity contribution >= 4 is 17.5 Å². The van der Waals surface area contributed by atoms with Gasteiger partial charge in [0.25, 0.3) is 0 Å². The second-order valence-corrected chi connectivity index (χ2v) is 10.0. The van der Waals surface area contributed by atoms with Gasteiger partial charge in [-0.05, 0) is 25.0 Å². The molecule has 0 bridgehead atoms. The zero-order chi connectivity index (χ0) is 18.6. The van der Waals surface area contributed by atoms with Gasteiger partial charge in [-0.2, -0.15) is 0 Å². The molecule has 4 rings (SSSR count). The molecule has 4 heteroatoms. The predicted octanol–water partition coefficient (Wildman–Crippen LogP) is 5.35. The van der Waals surface area contributed by atoms with E-state index in [1.165, 1.54) is 10.5 Å². The van der Waals surface area contributed by atoms with Crippen LogP contribution in [0.2, 0.25) is 0 Å². The van der Waals surface area contributed by atoms with Crippen molar-refractivity contribution in [3.05, 3.63) is 41.5 Å². The number of carbonyl (C=O) groups excluding carboxylic acids is 1. The topological polar surface area (TPSA) is 35.5 Å². The van der Waals surface area contributed by atoms with Crippen molar-refractivity contribution in [2.24, 2.45) is 10.8 Å². The van der Waals surface area contributed by atoms with E-state index in [4.69, 9.17) is 9.47 Å². The molecule has 2 fully saturated rings. The highest BCUT2D eigenvalue weighted by Gasteiger charge is 2.66. The molecule has 3 aliphatic rings. The number of hydrogen-bond acceptors (Lipinski definition) is 4. The summed E-state index contributed by atoms with van der Waals surface area (Å²) in [6.07, 6.45) is 3.04. The molecule has 0 unspecified atom stereocenters. The number of fused-ring (bicyclic) bond motifs is 2. The SMILES string of the molecule is CC(C)(C)C1OC2(CCC3=C(CSc4ccccc4)C(=O)CC[C@]32C)O1. The Balaban J connectivity index is 1.58. The van der Waals surface area contributed by atoms with Crippen molar-refractivity contribution < 1.29 is 14.3 Å². The number of Topliss-reactive ketones (excluding diaryl/α,β-unsaturated/α-hetero) is 1. The standard InChI is InChI=1S/C22H28O3S/c1-20(2,3)19-24-22(25-19)13-10-17-16(18(23)11-12-21(17,22)4)14-26-15-8-6-5-7-9-15/h5-9,19H,10-14H2,1-4H3/t19?,21-,22?/m1/s1. The van der Waals surface area contributed by atoms with E-state index in [1.807, 2.05) is 18.2 Å². The Kier molecular flexibility index (Phi) is 4.37. The van der Waals surface area contributed by atoms with Crippen LogP contribution in [0.1, 0.15) is 53.4 Å². The third-order valence-electron chi connectivity index (χ3n) is 6.19. The fourth-order valence-corrected chi connectivity index (χ4v) is 5.50. The van der Waals surface area contributed by atoms with E-state index in [0.717, 1.165) is 30.6 Å². The number of carbonyl (C=O) groups is 1. The summed E-state index contributed by atoms with van der Waals surface area (Å²) >= 11 is 1.75. The van der Waals surface area contributed by atoms with Gasteiger partial charge in [0.15, 0.2) is 17.9 Å². The third kappa shape index (κ3) is 2.78. The molecular formula is C22H28O3S. The zero-order valence-corrected chi connectivity index (χ0v) is 16.9. The molecule has 1 spiro atoms. The Morgan fingerprint density at radius 3 is 2.46 bits per heavy atom. The molecule has 1 saturated heterocycles. The number of ketones is 1. The molecule has 2 aliphatic carbocycles. The van der Waals surface area contributed by atoms with Crippen LogP contribution < -0.4 is 0 Å². The quantitative estimate of drug-likeness (QED) is 0.670. The Bertz CT molecular complexity index is 740. The van der Waals surface area contributed by atoms with Gasteiger partial charge in [0.1, 0.15) is 0 Å². The Morgan fingerprint density at radius 1 is 1.12 bits per heavy atom. The van der Waals surface area contributed by atoms with Crippen molar-refractivity contribution in [2.75, 3.05) is 5.75 Å². The Morgan fingerprint density at radius 2 is 1.81 bits per heavy atom. The molecule has 1 atom stereocenters. The van der Waals surface area contributed by atoms with Crippen LogP contribution in [0.3, 0.4) is 0 Å². The fraction of sp³-hybridized carbons (Fsp3) is 0.591. The first-order valence-electron chi connectivity index (χ1n) is 9.54. The van der Waals surface area contributed by atoms with Crippen LogP contribution in [0.25, 0.3) is 0 Å². The molecule has 1 aromatic carbocycles. The molecule has 1 saturated carbocycles. The second-order valence-electron chi connectivity index (χ2n) is 9.00. The summed E-state index contributed by atoms with van der Waals surface area (Å²) in [5.74, 6) is 0.528. The van der Waals surface area contributed by atoms with Gasteiger partial charge in [0.2, 0.25) is 0 Å². The van der Waals surface area contributed by atoms with Crippen LogP contribution in [-0.4, -0.2) is 23.6 Å². The van der Waals surface area contributed by atoms with Crippen LogP contribution >= 0.6 is 11.8 Å². The lowest BCUT2D eigenvalue weighted by atomic mass is 9.69. The van der Waals surface area contributed by atoms with Crippen molar-refractivity contribution in [2.45, 2.75) is 70.4 Å². The normalized spacial score (nSPS) is 34.2. The molecule has 1 aliphatic heterocycles. The lowest BCUT2D eigenvalue weighted by molar-refractivity contribution is -0.496. The van der Waals surface area contributed by atoms with E-state index in [9.17, 15) is 4.79 Å². The summed E-state index contributed by atoms with van der Waals surface area (Å²) in [7, 11) is 0. The molecule has 0 radical (unpaired) electrons. The monoisotopic (exact) mass is 372 g/mol. The molecule has 26 heavy (non-hydrogen) atoms. The molecular weight excluding hydrogens is 344 g/mol. The summed E-state index contributed by atoms with van der Waals surface area (Å²) < 4.78 is 12.8. The number of thioether (sulfide) groups is 1. The summed E-state index contributed by atoms with van der Waals surface area (Å²) in [4.78, 5) is 13.9. The molecule has 140 valence electrons. The summed E-state index contributed by atoms with van der Waals surface area (Å²) in [6, 6.07) is 10.3. The van der Waals surface area contributed by atoms with Crippen molar-refractivity contribution in [1.82, 2.24) is 0 Å². The number of rotatable bonds is 3. The van der Waals surface area contributed by atoms with Gasteiger partial charge in [-0.1, -0.05) is 51.5 Å². The summed E-state index contributed by atoms with van der Waals surface area (Å²) in [6.45, 7) is 8.68. The van der Waals surface area contributed by atoms with E-state index in [1.54, 1.807) is 11.8 Å². The van der Waals surface area contributed by atoms with Crippen molar-refractivity contribution in [3.63, 3.8) is 0 Å². The van der Waals surface area contributed by atoms with E-state index in [0.29, 0.717) is 12.2 Å². The highest BCUT2D eigenvalue weighted by atomic mass is 32.2. The maximum atomic E-state index is 12.7. The largest absolute Gasteiger partial charge is 0.319 e. The number of ether oxygens (including phenoxy) is 2. The highest BCUT2D eigenvalue weighted by Crippen LogP contribution is 2.63. The van der Waals surface area contributed by atoms with Crippen LogP contribution in [0.15, 0.2) is 46.4 Å². The predicted molar refractivity (Wildman–Crippen MR) is 104 cm³/mol. The van der Waals surface area contributed by atoms with E-state index >= 15 is 0 Å². The molecule has 0 amide bonds. The average molecular weight is 373 g/mol. The van der Waals surface area contributed by atoms with Gasteiger partial charge < -0.3 is 9.47 Å². The van der Waals surface area contributed by atoms with E-state index in [-0.39, 0.29) is 17.1 Å². The van der Waals surface area contributed by atoms with Crippen LogP contribution in [-0.2, 0) is 14.3 Å². The molecule has 3 nitrogen and oxygen atoms in total. The van der Waals surface area contributed by atoms with Gasteiger partial charge in [-0.15, -0.1) is 11.8 Å². The summed E-state index contributed by atoms with van der Waals surface area (Å²) in [5.41, 5.74) is 2.10. The average Bonchev–Trinajstić information content (AvgIpc) is 2.87.